The number of nitrogens with one attached hydrogen (secondary N) is 2. The highest BCUT2D eigenvalue weighted by Gasteiger charge is 2.16. The zero-order valence-corrected chi connectivity index (χ0v) is 11.8. The molecule has 0 atom stereocenters. The molecule has 0 spiro atoms. The smallest absolute Gasteiger partial charge is 0.253 e. The molecule has 2 rings (SSSR count). The summed E-state index contributed by atoms with van der Waals surface area (Å²) in [4.78, 5) is 27.8. The van der Waals surface area contributed by atoms with Crippen LogP contribution in [-0.2, 0) is 4.79 Å². The molecular weight excluding hydrogens is 254 g/mol. The fourth-order valence-electron chi connectivity index (χ4n) is 2.51. The van der Waals surface area contributed by atoms with E-state index in [0.717, 1.165) is 12.8 Å². The van der Waals surface area contributed by atoms with Crippen LogP contribution in [-0.4, -0.2) is 29.4 Å². The van der Waals surface area contributed by atoms with Crippen LogP contribution >= 0.6 is 0 Å². The van der Waals surface area contributed by atoms with Crippen LogP contribution in [0.5, 0.6) is 0 Å². The van der Waals surface area contributed by atoms with Crippen LogP contribution in [0.25, 0.3) is 0 Å². The molecule has 2 N–H and O–H groups in total. The van der Waals surface area contributed by atoms with Crippen molar-refractivity contribution in [2.24, 2.45) is 0 Å². The lowest BCUT2D eigenvalue weighted by Crippen LogP contribution is -2.42. The SMILES string of the molecule is Cc1ncccc1C(=O)NCC(=O)NC1CCCCC1. The summed E-state index contributed by atoms with van der Waals surface area (Å²) in [6.07, 6.45) is 7.33. The molecule has 20 heavy (non-hydrogen) atoms. The molecule has 0 radical (unpaired) electrons. The second-order valence-corrected chi connectivity index (χ2v) is 5.22. The molecule has 5 heteroatoms. The molecule has 1 aromatic rings. The molecule has 1 saturated carbocycles. The number of aromatic nitrogens is 1. The Kier molecular flexibility index (Phi) is 5.09. The number of nitrogens with zero attached hydrogens (tertiary/aromatic N) is 1. The predicted octanol–water partition coefficient (Wildman–Crippen LogP) is 1.57. The van der Waals surface area contributed by atoms with E-state index in [1.165, 1.54) is 19.3 Å². The first-order valence-corrected chi connectivity index (χ1v) is 7.16. The van der Waals surface area contributed by atoms with Crippen LogP contribution in [0.4, 0.5) is 0 Å². The maximum Gasteiger partial charge on any atom is 0.253 e. The van der Waals surface area contributed by atoms with Crippen molar-refractivity contribution < 1.29 is 9.59 Å². The van der Waals surface area contributed by atoms with Crippen molar-refractivity contribution in [3.63, 3.8) is 0 Å². The van der Waals surface area contributed by atoms with Crippen LogP contribution < -0.4 is 10.6 Å². The molecule has 0 bridgehead atoms. The largest absolute Gasteiger partial charge is 0.352 e. The van der Waals surface area contributed by atoms with Crippen molar-refractivity contribution >= 4 is 11.8 Å². The standard InChI is InChI=1S/C15H21N3O2/c1-11-13(8-5-9-16-11)15(20)17-10-14(19)18-12-6-3-2-4-7-12/h5,8-9,12H,2-4,6-7,10H2,1H3,(H,17,20)(H,18,19). The van der Waals surface area contributed by atoms with E-state index in [4.69, 9.17) is 0 Å². The van der Waals surface area contributed by atoms with Gasteiger partial charge in [-0.25, -0.2) is 0 Å². The summed E-state index contributed by atoms with van der Waals surface area (Å²) in [7, 11) is 0. The molecule has 0 unspecified atom stereocenters. The number of hydrogen-bond donors (Lipinski definition) is 2. The van der Waals surface area contributed by atoms with Crippen LogP contribution in [0.2, 0.25) is 0 Å². The zero-order chi connectivity index (χ0) is 14.4. The van der Waals surface area contributed by atoms with Crippen LogP contribution in [0.15, 0.2) is 18.3 Å². The van der Waals surface area contributed by atoms with E-state index in [0.29, 0.717) is 11.3 Å². The van der Waals surface area contributed by atoms with Crippen LogP contribution in [0, 0.1) is 6.92 Å². The number of carbonyl (C=O) groups excluding carboxylic acids is 2. The molecule has 1 fully saturated rings. The molecule has 1 aliphatic rings. The molecule has 0 aromatic carbocycles. The van der Waals surface area contributed by atoms with Crippen molar-refractivity contribution in [1.29, 1.82) is 0 Å². The molecule has 2 amide bonds. The summed E-state index contributed by atoms with van der Waals surface area (Å²) in [6, 6.07) is 3.69. The Labute approximate surface area is 119 Å². The maximum absolute atomic E-state index is 11.9. The van der Waals surface area contributed by atoms with E-state index in [2.05, 4.69) is 15.6 Å². The third-order valence-electron chi connectivity index (χ3n) is 3.63. The minimum atomic E-state index is -0.255. The summed E-state index contributed by atoms with van der Waals surface area (Å²) in [5.41, 5.74) is 1.18. The maximum atomic E-state index is 11.9. The first-order chi connectivity index (χ1) is 9.66. The van der Waals surface area contributed by atoms with Gasteiger partial charge in [-0.05, 0) is 31.9 Å². The van der Waals surface area contributed by atoms with Gasteiger partial charge < -0.3 is 10.6 Å². The first-order valence-electron chi connectivity index (χ1n) is 7.16. The average Bonchev–Trinajstić information content (AvgIpc) is 2.46. The Bertz CT molecular complexity index is 482. The van der Waals surface area contributed by atoms with Crippen molar-refractivity contribution in [3.05, 3.63) is 29.6 Å². The van der Waals surface area contributed by atoms with E-state index in [-0.39, 0.29) is 24.4 Å². The van der Waals surface area contributed by atoms with Gasteiger partial charge in [-0.15, -0.1) is 0 Å². The van der Waals surface area contributed by atoms with Gasteiger partial charge in [0, 0.05) is 17.9 Å². The monoisotopic (exact) mass is 275 g/mol. The van der Waals surface area contributed by atoms with Gasteiger partial charge >= 0.3 is 0 Å². The van der Waals surface area contributed by atoms with Gasteiger partial charge in [0.05, 0.1) is 12.1 Å². The Hall–Kier alpha value is -1.91. The van der Waals surface area contributed by atoms with Gasteiger partial charge in [-0.3, -0.25) is 14.6 Å². The molecule has 5 nitrogen and oxygen atoms in total. The number of amides is 2. The number of rotatable bonds is 4. The minimum absolute atomic E-state index is 0.0175. The molecule has 1 aliphatic carbocycles. The van der Waals surface area contributed by atoms with Crippen molar-refractivity contribution in [3.8, 4) is 0 Å². The number of aryl methyl sites for hydroxylation is 1. The Morgan fingerprint density at radius 2 is 2.05 bits per heavy atom. The van der Waals surface area contributed by atoms with Gasteiger partial charge in [-0.1, -0.05) is 19.3 Å². The molecular formula is C15H21N3O2. The number of carbonyl (C=O) groups is 2. The van der Waals surface area contributed by atoms with Crippen LogP contribution in [0.1, 0.15) is 48.2 Å². The van der Waals surface area contributed by atoms with E-state index in [9.17, 15) is 9.59 Å². The average molecular weight is 275 g/mol. The topological polar surface area (TPSA) is 71.1 Å². The van der Waals surface area contributed by atoms with Gasteiger partial charge in [0.15, 0.2) is 0 Å². The predicted molar refractivity (Wildman–Crippen MR) is 76.3 cm³/mol. The quantitative estimate of drug-likeness (QED) is 0.876. The highest BCUT2D eigenvalue weighted by Crippen LogP contribution is 2.17. The summed E-state index contributed by atoms with van der Waals surface area (Å²) < 4.78 is 0. The normalized spacial score (nSPS) is 15.7. The van der Waals surface area contributed by atoms with Crippen molar-refractivity contribution in [1.82, 2.24) is 15.6 Å². The Balaban J connectivity index is 1.78. The molecule has 1 aromatic heterocycles. The van der Waals surface area contributed by atoms with Crippen molar-refractivity contribution in [2.45, 2.75) is 45.1 Å². The Morgan fingerprint density at radius 1 is 1.30 bits per heavy atom. The number of pyridine rings is 1. The van der Waals surface area contributed by atoms with Gasteiger partial charge in [-0.2, -0.15) is 0 Å². The molecule has 108 valence electrons. The lowest BCUT2D eigenvalue weighted by Gasteiger charge is -2.22. The highest BCUT2D eigenvalue weighted by atomic mass is 16.2. The first kappa shape index (κ1) is 14.5. The van der Waals surface area contributed by atoms with E-state index >= 15 is 0 Å². The zero-order valence-electron chi connectivity index (χ0n) is 11.8. The van der Waals surface area contributed by atoms with Gasteiger partial charge in [0.25, 0.3) is 5.91 Å². The third kappa shape index (κ3) is 4.05. The van der Waals surface area contributed by atoms with E-state index < -0.39 is 0 Å². The van der Waals surface area contributed by atoms with E-state index in [1.807, 2.05) is 0 Å². The lowest BCUT2D eigenvalue weighted by atomic mass is 9.95. The highest BCUT2D eigenvalue weighted by molar-refractivity contribution is 5.97. The minimum Gasteiger partial charge on any atom is -0.352 e. The second kappa shape index (κ2) is 7.03. The lowest BCUT2D eigenvalue weighted by molar-refractivity contribution is -0.121. The fourth-order valence-corrected chi connectivity index (χ4v) is 2.51. The number of hydrogen-bond acceptors (Lipinski definition) is 3. The molecule has 0 aliphatic heterocycles. The van der Waals surface area contributed by atoms with E-state index in [1.54, 1.807) is 25.3 Å². The molecule has 0 saturated heterocycles. The van der Waals surface area contributed by atoms with Gasteiger partial charge in [0.2, 0.25) is 5.91 Å². The van der Waals surface area contributed by atoms with Crippen molar-refractivity contribution in [2.75, 3.05) is 6.54 Å². The van der Waals surface area contributed by atoms with Gasteiger partial charge in [0.1, 0.15) is 0 Å². The Morgan fingerprint density at radius 3 is 2.75 bits per heavy atom. The fraction of sp³-hybridized carbons (Fsp3) is 0.533. The summed E-state index contributed by atoms with van der Waals surface area (Å²) >= 11 is 0. The summed E-state index contributed by atoms with van der Waals surface area (Å²) in [5.74, 6) is -0.374. The second-order valence-electron chi connectivity index (χ2n) is 5.22. The molecule has 1 heterocycles. The summed E-state index contributed by atoms with van der Waals surface area (Å²) in [5, 5.41) is 5.61. The third-order valence-corrected chi connectivity index (χ3v) is 3.63. The van der Waals surface area contributed by atoms with Crippen LogP contribution in [0.3, 0.4) is 0 Å². The summed E-state index contributed by atoms with van der Waals surface area (Å²) in [6.45, 7) is 1.79.